The monoisotopic (exact) mass is 560 g/mol. The van der Waals surface area contributed by atoms with E-state index in [-0.39, 0.29) is 22.1 Å². The molecular formula is C26H19Cl2FN2O5S. The highest BCUT2D eigenvalue weighted by molar-refractivity contribution is 8.18. The molecule has 1 aliphatic heterocycles. The highest BCUT2D eigenvalue weighted by Crippen LogP contribution is 2.33. The summed E-state index contributed by atoms with van der Waals surface area (Å²) in [6.45, 7) is -0.543. The molecule has 0 atom stereocenters. The minimum atomic E-state index is -0.595. The normalized spacial score (nSPS) is 14.3. The van der Waals surface area contributed by atoms with Gasteiger partial charge < -0.3 is 14.8 Å². The van der Waals surface area contributed by atoms with E-state index in [1.165, 1.54) is 31.4 Å². The molecule has 0 spiro atoms. The number of benzene rings is 3. The summed E-state index contributed by atoms with van der Waals surface area (Å²) in [5, 5.41) is 2.59. The lowest BCUT2D eigenvalue weighted by atomic mass is 10.2. The van der Waals surface area contributed by atoms with Crippen molar-refractivity contribution in [2.75, 3.05) is 19.0 Å². The van der Waals surface area contributed by atoms with E-state index >= 15 is 0 Å². The van der Waals surface area contributed by atoms with Gasteiger partial charge in [0.15, 0.2) is 0 Å². The fraction of sp³-hybridized carbons (Fsp3) is 0.115. The van der Waals surface area contributed by atoms with Gasteiger partial charge in [-0.15, -0.1) is 0 Å². The average molecular weight is 561 g/mol. The summed E-state index contributed by atoms with van der Waals surface area (Å²) in [5.74, 6) is -0.767. The van der Waals surface area contributed by atoms with Crippen molar-refractivity contribution in [1.29, 1.82) is 0 Å². The first-order valence-electron chi connectivity index (χ1n) is 10.8. The van der Waals surface area contributed by atoms with Gasteiger partial charge in [-0.05, 0) is 65.9 Å². The van der Waals surface area contributed by atoms with Crippen LogP contribution in [-0.4, -0.2) is 35.6 Å². The summed E-state index contributed by atoms with van der Waals surface area (Å²) in [7, 11) is 1.47. The van der Waals surface area contributed by atoms with E-state index in [1.807, 2.05) is 0 Å². The number of nitrogens with zero attached hydrogens (tertiary/aromatic N) is 1. The van der Waals surface area contributed by atoms with Crippen molar-refractivity contribution in [2.24, 2.45) is 0 Å². The molecule has 3 aromatic carbocycles. The van der Waals surface area contributed by atoms with Gasteiger partial charge >= 0.3 is 0 Å². The van der Waals surface area contributed by atoms with E-state index in [1.54, 1.807) is 42.5 Å². The number of hydrogen-bond acceptors (Lipinski definition) is 6. The smallest absolute Gasteiger partial charge is 0.294 e. The minimum Gasteiger partial charge on any atom is -0.495 e. The lowest BCUT2D eigenvalue weighted by Gasteiger charge is -2.13. The Kier molecular flexibility index (Phi) is 8.38. The second kappa shape index (κ2) is 11.7. The van der Waals surface area contributed by atoms with Gasteiger partial charge in [-0.3, -0.25) is 19.3 Å². The molecule has 7 nitrogen and oxygen atoms in total. The lowest BCUT2D eigenvalue weighted by molar-refractivity contribution is -0.127. The summed E-state index contributed by atoms with van der Waals surface area (Å²) in [5.41, 5.74) is 1.21. The first kappa shape index (κ1) is 26.5. The predicted octanol–water partition coefficient (Wildman–Crippen LogP) is 6.40. The second-order valence-electron chi connectivity index (χ2n) is 7.73. The summed E-state index contributed by atoms with van der Waals surface area (Å²) in [6, 6.07) is 15.8. The van der Waals surface area contributed by atoms with Crippen LogP contribution in [-0.2, 0) is 16.2 Å². The SMILES string of the molecule is COc1ccc(NC(=O)CN2C(=O)S/C(=C/c3cccc(OCc4c(F)cccc4Cl)c3)C2=O)cc1Cl. The summed E-state index contributed by atoms with van der Waals surface area (Å²) < 4.78 is 24.7. The summed E-state index contributed by atoms with van der Waals surface area (Å²) >= 11 is 12.8. The van der Waals surface area contributed by atoms with Crippen LogP contribution in [0.5, 0.6) is 11.5 Å². The van der Waals surface area contributed by atoms with Crippen molar-refractivity contribution in [2.45, 2.75) is 6.61 Å². The molecule has 37 heavy (non-hydrogen) atoms. The van der Waals surface area contributed by atoms with E-state index < -0.39 is 29.4 Å². The van der Waals surface area contributed by atoms with Crippen molar-refractivity contribution in [3.05, 3.63) is 92.6 Å². The van der Waals surface area contributed by atoms with Crippen LogP contribution in [0.2, 0.25) is 10.0 Å². The molecule has 3 amide bonds. The number of carbonyl (C=O) groups is 3. The number of hydrogen-bond donors (Lipinski definition) is 1. The van der Waals surface area contributed by atoms with E-state index in [2.05, 4.69) is 5.32 Å². The molecule has 0 aromatic heterocycles. The van der Waals surface area contributed by atoms with Gasteiger partial charge in [-0.2, -0.15) is 0 Å². The van der Waals surface area contributed by atoms with Crippen LogP contribution in [0.1, 0.15) is 11.1 Å². The predicted molar refractivity (Wildman–Crippen MR) is 141 cm³/mol. The molecule has 0 unspecified atom stereocenters. The molecule has 0 radical (unpaired) electrons. The van der Waals surface area contributed by atoms with Gasteiger partial charge in [-0.1, -0.05) is 41.4 Å². The first-order chi connectivity index (χ1) is 17.7. The van der Waals surface area contributed by atoms with Crippen molar-refractivity contribution >= 4 is 63.8 Å². The molecule has 1 N–H and O–H groups in total. The number of rotatable bonds is 8. The standard InChI is InChI=1S/C26H19Cl2FN2O5S/c1-35-22-9-8-16(12-20(22)28)30-24(32)13-31-25(33)23(37-26(31)34)11-15-4-2-5-17(10-15)36-14-18-19(27)6-3-7-21(18)29/h2-12H,13-14H2,1H3,(H,30,32)/b23-11+. The largest absolute Gasteiger partial charge is 0.495 e. The lowest BCUT2D eigenvalue weighted by Crippen LogP contribution is -2.36. The number of nitrogens with one attached hydrogen (secondary N) is 1. The number of halogens is 3. The van der Waals surface area contributed by atoms with Crippen molar-refractivity contribution in [3.8, 4) is 11.5 Å². The Bertz CT molecular complexity index is 1400. The molecule has 1 heterocycles. The Morgan fingerprint density at radius 2 is 1.86 bits per heavy atom. The van der Waals surface area contributed by atoms with Gasteiger partial charge in [0.25, 0.3) is 11.1 Å². The zero-order valence-electron chi connectivity index (χ0n) is 19.3. The number of imide groups is 1. The average Bonchev–Trinajstić information content (AvgIpc) is 3.11. The number of thioether (sulfide) groups is 1. The topological polar surface area (TPSA) is 84.9 Å². The van der Waals surface area contributed by atoms with E-state index in [9.17, 15) is 18.8 Å². The molecule has 0 saturated carbocycles. The third-order valence-corrected chi connectivity index (χ3v) is 6.77. The fourth-order valence-corrected chi connectivity index (χ4v) is 4.71. The van der Waals surface area contributed by atoms with Crippen LogP contribution in [0, 0.1) is 5.82 Å². The van der Waals surface area contributed by atoms with Crippen molar-refractivity contribution < 1.29 is 28.2 Å². The van der Waals surface area contributed by atoms with Gasteiger partial charge in [0.2, 0.25) is 5.91 Å². The molecule has 0 bridgehead atoms. The molecular weight excluding hydrogens is 542 g/mol. The van der Waals surface area contributed by atoms with Crippen LogP contribution in [0.3, 0.4) is 0 Å². The second-order valence-corrected chi connectivity index (χ2v) is 9.53. The molecule has 1 fully saturated rings. The maximum Gasteiger partial charge on any atom is 0.294 e. The number of anilines is 1. The number of carbonyl (C=O) groups excluding carboxylic acids is 3. The zero-order chi connectivity index (χ0) is 26.5. The van der Waals surface area contributed by atoms with Crippen LogP contribution >= 0.6 is 35.0 Å². The summed E-state index contributed by atoms with van der Waals surface area (Å²) in [6.07, 6.45) is 1.52. The Morgan fingerprint density at radius 3 is 2.59 bits per heavy atom. The van der Waals surface area contributed by atoms with E-state index in [0.717, 1.165) is 16.7 Å². The zero-order valence-corrected chi connectivity index (χ0v) is 21.6. The third-order valence-electron chi connectivity index (χ3n) is 5.21. The van der Waals surface area contributed by atoms with E-state index in [4.69, 9.17) is 32.7 Å². The molecule has 4 rings (SSSR count). The van der Waals surface area contributed by atoms with Gasteiger partial charge in [0.1, 0.15) is 30.5 Å². The Hall–Kier alpha value is -3.53. The summed E-state index contributed by atoms with van der Waals surface area (Å²) in [4.78, 5) is 38.7. The van der Waals surface area contributed by atoms with Crippen LogP contribution in [0.4, 0.5) is 14.9 Å². The molecule has 1 saturated heterocycles. The Labute approximate surface area is 226 Å². The molecule has 11 heteroatoms. The quantitative estimate of drug-likeness (QED) is 0.321. The molecule has 3 aromatic rings. The van der Waals surface area contributed by atoms with Gasteiger partial charge in [0.05, 0.1) is 22.1 Å². The first-order valence-corrected chi connectivity index (χ1v) is 12.4. The number of methoxy groups -OCH3 is 1. The number of ether oxygens (including phenoxy) is 2. The van der Waals surface area contributed by atoms with Crippen molar-refractivity contribution in [3.63, 3.8) is 0 Å². The van der Waals surface area contributed by atoms with Crippen molar-refractivity contribution in [1.82, 2.24) is 4.90 Å². The van der Waals surface area contributed by atoms with Crippen LogP contribution < -0.4 is 14.8 Å². The Morgan fingerprint density at radius 1 is 1.08 bits per heavy atom. The highest BCUT2D eigenvalue weighted by Gasteiger charge is 2.36. The van der Waals surface area contributed by atoms with E-state index in [0.29, 0.717) is 27.8 Å². The van der Waals surface area contributed by atoms with Crippen LogP contribution in [0.25, 0.3) is 6.08 Å². The van der Waals surface area contributed by atoms with Gasteiger partial charge in [-0.25, -0.2) is 4.39 Å². The van der Waals surface area contributed by atoms with Crippen LogP contribution in [0.15, 0.2) is 65.6 Å². The maximum absolute atomic E-state index is 14.0. The fourth-order valence-electron chi connectivity index (χ4n) is 3.40. The highest BCUT2D eigenvalue weighted by atomic mass is 35.5. The maximum atomic E-state index is 14.0. The molecule has 0 aliphatic carbocycles. The number of amides is 3. The third kappa shape index (κ3) is 6.43. The molecule has 190 valence electrons. The Balaban J connectivity index is 1.41. The minimum absolute atomic E-state index is 0.0833. The van der Waals surface area contributed by atoms with Gasteiger partial charge in [0, 0.05) is 11.3 Å². The molecule has 1 aliphatic rings.